The highest BCUT2D eigenvalue weighted by molar-refractivity contribution is 6.33. The van der Waals surface area contributed by atoms with E-state index in [9.17, 15) is 9.59 Å². The quantitative estimate of drug-likeness (QED) is 0.681. The Bertz CT molecular complexity index is 1050. The second-order valence-electron chi connectivity index (χ2n) is 5.90. The van der Waals surface area contributed by atoms with Gasteiger partial charge in [-0.05, 0) is 30.7 Å². The van der Waals surface area contributed by atoms with E-state index in [-0.39, 0.29) is 11.5 Å². The molecule has 3 aromatic rings. The Morgan fingerprint density at radius 2 is 1.81 bits per heavy atom. The summed E-state index contributed by atoms with van der Waals surface area (Å²) in [6.45, 7) is 0.311. The van der Waals surface area contributed by atoms with Gasteiger partial charge in [-0.1, -0.05) is 23.7 Å². The van der Waals surface area contributed by atoms with Gasteiger partial charge in [-0.25, -0.2) is 0 Å². The maximum absolute atomic E-state index is 12.3. The molecule has 0 spiro atoms. The van der Waals surface area contributed by atoms with Gasteiger partial charge in [-0.2, -0.15) is 0 Å². The number of halogens is 1. The average molecular weight is 387 g/mol. The van der Waals surface area contributed by atoms with Crippen LogP contribution in [0.4, 0.5) is 0 Å². The molecule has 0 aliphatic heterocycles. The summed E-state index contributed by atoms with van der Waals surface area (Å²) in [6, 6.07) is 12.1. The van der Waals surface area contributed by atoms with Crippen molar-refractivity contribution in [1.82, 2.24) is 10.3 Å². The molecule has 0 bridgehead atoms. The van der Waals surface area contributed by atoms with E-state index in [0.29, 0.717) is 46.1 Å². The number of H-pyrrole nitrogens is 1. The third kappa shape index (κ3) is 4.06. The summed E-state index contributed by atoms with van der Waals surface area (Å²) in [4.78, 5) is 27.4. The van der Waals surface area contributed by atoms with Crippen LogP contribution in [0, 0.1) is 0 Å². The number of fused-ring (bicyclic) bond motifs is 1. The first kappa shape index (κ1) is 18.8. The number of hydrogen-bond acceptors (Lipinski definition) is 4. The fourth-order valence-electron chi connectivity index (χ4n) is 2.82. The molecule has 140 valence electrons. The van der Waals surface area contributed by atoms with Crippen molar-refractivity contribution < 1.29 is 14.3 Å². The summed E-state index contributed by atoms with van der Waals surface area (Å²) >= 11 is 6.02. The van der Waals surface area contributed by atoms with Crippen molar-refractivity contribution in [3.63, 3.8) is 0 Å². The molecule has 0 unspecified atom stereocenters. The van der Waals surface area contributed by atoms with E-state index in [1.165, 1.54) is 7.11 Å². The van der Waals surface area contributed by atoms with Gasteiger partial charge in [0.2, 0.25) is 0 Å². The van der Waals surface area contributed by atoms with Crippen LogP contribution in [-0.4, -0.2) is 31.7 Å². The van der Waals surface area contributed by atoms with Crippen LogP contribution in [0.15, 0.2) is 47.3 Å². The molecule has 27 heavy (non-hydrogen) atoms. The van der Waals surface area contributed by atoms with Crippen LogP contribution in [0.25, 0.3) is 10.9 Å². The van der Waals surface area contributed by atoms with Crippen molar-refractivity contribution in [1.29, 1.82) is 0 Å². The van der Waals surface area contributed by atoms with Gasteiger partial charge < -0.3 is 19.8 Å². The lowest BCUT2D eigenvalue weighted by Crippen LogP contribution is -2.27. The molecule has 0 fully saturated rings. The summed E-state index contributed by atoms with van der Waals surface area (Å²) in [5.41, 5.74) is 1.42. The minimum atomic E-state index is -0.274. The zero-order chi connectivity index (χ0) is 19.4. The average Bonchev–Trinajstić information content (AvgIpc) is 2.67. The highest BCUT2D eigenvalue weighted by Gasteiger charge is 2.11. The summed E-state index contributed by atoms with van der Waals surface area (Å²) in [7, 11) is 3.10. The number of aromatic nitrogens is 1. The molecule has 0 atom stereocenters. The first-order chi connectivity index (χ1) is 13.0. The molecular weight excluding hydrogens is 368 g/mol. The van der Waals surface area contributed by atoms with Gasteiger partial charge in [0, 0.05) is 23.6 Å². The number of hydrogen-bond donors (Lipinski definition) is 2. The van der Waals surface area contributed by atoms with Crippen LogP contribution in [0.3, 0.4) is 0 Å². The monoisotopic (exact) mass is 386 g/mol. The number of ether oxygens (including phenoxy) is 2. The predicted molar refractivity (Wildman–Crippen MR) is 105 cm³/mol. The van der Waals surface area contributed by atoms with Crippen LogP contribution in [0.1, 0.15) is 15.9 Å². The third-order valence-corrected chi connectivity index (χ3v) is 4.55. The highest BCUT2D eigenvalue weighted by Crippen LogP contribution is 2.31. The van der Waals surface area contributed by atoms with E-state index >= 15 is 0 Å². The van der Waals surface area contributed by atoms with Crippen molar-refractivity contribution in [3.8, 4) is 11.5 Å². The number of carbonyl (C=O) groups excluding carboxylic acids is 1. The van der Waals surface area contributed by atoms with Crippen LogP contribution < -0.4 is 20.3 Å². The highest BCUT2D eigenvalue weighted by atomic mass is 35.5. The van der Waals surface area contributed by atoms with Crippen LogP contribution in [0.2, 0.25) is 5.02 Å². The molecule has 7 heteroatoms. The Labute approximate surface area is 161 Å². The molecule has 3 rings (SSSR count). The maximum Gasteiger partial charge on any atom is 0.252 e. The zero-order valence-electron chi connectivity index (χ0n) is 15.0. The van der Waals surface area contributed by atoms with Gasteiger partial charge in [0.05, 0.1) is 30.3 Å². The molecule has 0 radical (unpaired) electrons. The Kier molecular flexibility index (Phi) is 5.66. The number of nitrogens with one attached hydrogen (secondary N) is 2. The van der Waals surface area contributed by atoms with Gasteiger partial charge >= 0.3 is 0 Å². The third-order valence-electron chi connectivity index (χ3n) is 4.22. The van der Waals surface area contributed by atoms with E-state index in [1.54, 1.807) is 49.6 Å². The SMILES string of the molecule is COc1cc2cc(CCNC(=O)c3ccccc3Cl)c(=O)[nH]c2cc1OC. The van der Waals surface area contributed by atoms with Gasteiger partial charge in [0.15, 0.2) is 11.5 Å². The normalized spacial score (nSPS) is 10.6. The molecule has 0 saturated heterocycles. The predicted octanol–water partition coefficient (Wildman–Crippen LogP) is 3.17. The smallest absolute Gasteiger partial charge is 0.252 e. The summed E-state index contributed by atoms with van der Waals surface area (Å²) < 4.78 is 10.6. The minimum Gasteiger partial charge on any atom is -0.493 e. The van der Waals surface area contributed by atoms with Crippen molar-refractivity contribution in [2.24, 2.45) is 0 Å². The van der Waals surface area contributed by atoms with Gasteiger partial charge in [0.1, 0.15) is 0 Å². The molecule has 0 aliphatic rings. The van der Waals surface area contributed by atoms with Crippen molar-refractivity contribution in [2.45, 2.75) is 6.42 Å². The number of benzene rings is 2. The lowest BCUT2D eigenvalue weighted by molar-refractivity contribution is 0.0954. The van der Waals surface area contributed by atoms with Crippen molar-refractivity contribution in [3.05, 3.63) is 69.0 Å². The molecule has 2 aromatic carbocycles. The topological polar surface area (TPSA) is 80.4 Å². The molecule has 0 saturated carbocycles. The molecular formula is C20H19ClN2O4. The Morgan fingerprint density at radius 1 is 1.11 bits per heavy atom. The first-order valence-electron chi connectivity index (χ1n) is 8.34. The fraction of sp³-hybridized carbons (Fsp3) is 0.200. The number of amides is 1. The largest absolute Gasteiger partial charge is 0.493 e. The summed E-state index contributed by atoms with van der Waals surface area (Å²) in [5, 5.41) is 3.99. The van der Waals surface area contributed by atoms with Gasteiger partial charge in [0.25, 0.3) is 11.5 Å². The van der Waals surface area contributed by atoms with Crippen molar-refractivity contribution >= 4 is 28.4 Å². The minimum absolute atomic E-state index is 0.207. The second-order valence-corrected chi connectivity index (χ2v) is 6.31. The number of carbonyl (C=O) groups is 1. The molecule has 2 N–H and O–H groups in total. The molecule has 1 aromatic heterocycles. The van der Waals surface area contributed by atoms with Gasteiger partial charge in [-0.15, -0.1) is 0 Å². The van der Waals surface area contributed by atoms with Gasteiger partial charge in [-0.3, -0.25) is 9.59 Å². The lowest BCUT2D eigenvalue weighted by Gasteiger charge is -2.10. The number of pyridine rings is 1. The standard InChI is InChI=1S/C20H19ClN2O4/c1-26-17-10-13-9-12(19(24)23-16(13)11-18(17)27-2)7-8-22-20(25)14-5-3-4-6-15(14)21/h3-6,9-11H,7-8H2,1-2H3,(H,22,25)(H,23,24). The Morgan fingerprint density at radius 3 is 2.52 bits per heavy atom. The van der Waals surface area contributed by atoms with Crippen LogP contribution in [-0.2, 0) is 6.42 Å². The van der Waals surface area contributed by atoms with Crippen LogP contribution in [0.5, 0.6) is 11.5 Å². The zero-order valence-corrected chi connectivity index (χ0v) is 15.7. The number of rotatable bonds is 6. The maximum atomic E-state index is 12.3. The van der Waals surface area contributed by atoms with Crippen LogP contribution >= 0.6 is 11.6 Å². The van der Waals surface area contributed by atoms with E-state index < -0.39 is 0 Å². The number of aromatic amines is 1. The summed E-state index contributed by atoms with van der Waals surface area (Å²) in [6.07, 6.45) is 0.385. The van der Waals surface area contributed by atoms with E-state index in [4.69, 9.17) is 21.1 Å². The number of methoxy groups -OCH3 is 2. The molecule has 0 aliphatic carbocycles. The molecule has 1 amide bonds. The van der Waals surface area contributed by atoms with E-state index in [2.05, 4.69) is 10.3 Å². The Balaban J connectivity index is 1.77. The fourth-order valence-corrected chi connectivity index (χ4v) is 3.04. The lowest BCUT2D eigenvalue weighted by atomic mass is 10.1. The van der Waals surface area contributed by atoms with E-state index in [1.807, 2.05) is 0 Å². The molecule has 6 nitrogen and oxygen atoms in total. The first-order valence-corrected chi connectivity index (χ1v) is 8.72. The molecule has 1 heterocycles. The Hall–Kier alpha value is -2.99. The van der Waals surface area contributed by atoms with E-state index in [0.717, 1.165) is 5.39 Å². The second kappa shape index (κ2) is 8.14. The van der Waals surface area contributed by atoms with Crippen molar-refractivity contribution in [2.75, 3.05) is 20.8 Å². The summed E-state index contributed by atoms with van der Waals surface area (Å²) in [5.74, 6) is 0.847.